The number of hydrogen-bond donors (Lipinski definition) is 1. The molecule has 0 fully saturated rings. The molecular weight excluding hydrogens is 334 g/mol. The number of anilines is 1. The molecule has 3 rings (SSSR count). The van der Waals surface area contributed by atoms with Crippen molar-refractivity contribution in [1.82, 2.24) is 10.2 Å². The van der Waals surface area contributed by atoms with Gasteiger partial charge in [0.25, 0.3) is 5.91 Å². The molecular formula is C19H19N3O2S. The van der Waals surface area contributed by atoms with Gasteiger partial charge in [-0.05, 0) is 45.0 Å². The van der Waals surface area contributed by atoms with Crippen LogP contribution >= 0.6 is 11.3 Å². The number of carbonyl (C=O) groups excluding carboxylic acids is 1. The zero-order valence-electron chi connectivity index (χ0n) is 14.3. The first-order valence-electron chi connectivity index (χ1n) is 8.00. The summed E-state index contributed by atoms with van der Waals surface area (Å²) < 4.78 is 5.58. The van der Waals surface area contributed by atoms with Crippen molar-refractivity contribution in [2.45, 2.75) is 26.9 Å². The monoisotopic (exact) mass is 353 g/mol. The number of rotatable bonds is 5. The third kappa shape index (κ3) is 4.42. The molecule has 0 bridgehead atoms. The second-order valence-electron chi connectivity index (χ2n) is 5.92. The lowest BCUT2D eigenvalue weighted by molar-refractivity contribution is 0.102. The van der Waals surface area contributed by atoms with E-state index in [2.05, 4.69) is 15.5 Å². The molecule has 0 aliphatic carbocycles. The van der Waals surface area contributed by atoms with Gasteiger partial charge in [0.15, 0.2) is 0 Å². The summed E-state index contributed by atoms with van der Waals surface area (Å²) in [7, 11) is 0. The molecule has 0 spiro atoms. The first kappa shape index (κ1) is 17.1. The molecule has 1 heterocycles. The quantitative estimate of drug-likeness (QED) is 0.731. The largest absolute Gasteiger partial charge is 0.491 e. The summed E-state index contributed by atoms with van der Waals surface area (Å²) in [6.07, 6.45) is 0.0984. The van der Waals surface area contributed by atoms with Gasteiger partial charge in [-0.25, -0.2) is 0 Å². The Balaban J connectivity index is 1.68. The van der Waals surface area contributed by atoms with Crippen LogP contribution in [0.25, 0.3) is 10.6 Å². The molecule has 1 N–H and O–H groups in total. The van der Waals surface area contributed by atoms with Gasteiger partial charge < -0.3 is 4.74 Å². The van der Waals surface area contributed by atoms with E-state index in [0.717, 1.165) is 16.3 Å². The molecule has 0 saturated heterocycles. The van der Waals surface area contributed by atoms with Crippen molar-refractivity contribution in [3.8, 4) is 16.3 Å². The lowest BCUT2D eigenvalue weighted by Gasteiger charge is -2.09. The molecule has 0 aliphatic heterocycles. The van der Waals surface area contributed by atoms with E-state index in [1.807, 2.05) is 45.0 Å². The highest BCUT2D eigenvalue weighted by Crippen LogP contribution is 2.26. The van der Waals surface area contributed by atoms with Gasteiger partial charge in [0.2, 0.25) is 5.13 Å². The number of nitrogens with one attached hydrogen (secondary N) is 1. The van der Waals surface area contributed by atoms with Gasteiger partial charge in [-0.2, -0.15) is 0 Å². The molecule has 128 valence electrons. The molecule has 5 nitrogen and oxygen atoms in total. The number of ether oxygens (including phenoxy) is 1. The van der Waals surface area contributed by atoms with E-state index < -0.39 is 0 Å². The molecule has 6 heteroatoms. The minimum Gasteiger partial charge on any atom is -0.491 e. The fourth-order valence-corrected chi connectivity index (χ4v) is 2.96. The number of hydrogen-bond acceptors (Lipinski definition) is 5. The number of carbonyl (C=O) groups is 1. The van der Waals surface area contributed by atoms with Crippen LogP contribution in [-0.2, 0) is 0 Å². The van der Waals surface area contributed by atoms with Gasteiger partial charge in [-0.15, -0.1) is 10.2 Å². The van der Waals surface area contributed by atoms with E-state index in [9.17, 15) is 4.79 Å². The highest BCUT2D eigenvalue weighted by atomic mass is 32.1. The van der Waals surface area contributed by atoms with Crippen LogP contribution in [0, 0.1) is 6.92 Å². The van der Waals surface area contributed by atoms with Crippen LogP contribution in [0.3, 0.4) is 0 Å². The van der Waals surface area contributed by atoms with Crippen LogP contribution in [0.2, 0.25) is 0 Å². The van der Waals surface area contributed by atoms with Gasteiger partial charge in [-0.3, -0.25) is 10.1 Å². The molecule has 1 amide bonds. The molecule has 3 aromatic rings. The summed E-state index contributed by atoms with van der Waals surface area (Å²) in [4.78, 5) is 12.3. The van der Waals surface area contributed by atoms with Gasteiger partial charge in [0.1, 0.15) is 10.8 Å². The predicted molar refractivity (Wildman–Crippen MR) is 100 cm³/mol. The van der Waals surface area contributed by atoms with Crippen molar-refractivity contribution in [3.63, 3.8) is 0 Å². The Labute approximate surface area is 150 Å². The zero-order valence-corrected chi connectivity index (χ0v) is 15.1. The minimum atomic E-state index is -0.220. The maximum Gasteiger partial charge on any atom is 0.257 e. The number of benzene rings is 2. The third-order valence-electron chi connectivity index (χ3n) is 3.43. The van der Waals surface area contributed by atoms with Crippen molar-refractivity contribution in [2.75, 3.05) is 5.32 Å². The summed E-state index contributed by atoms with van der Waals surface area (Å²) in [6.45, 7) is 5.95. The molecule has 0 aliphatic rings. The second-order valence-corrected chi connectivity index (χ2v) is 6.90. The summed E-state index contributed by atoms with van der Waals surface area (Å²) in [5, 5.41) is 12.2. The van der Waals surface area contributed by atoms with Crippen LogP contribution in [-0.4, -0.2) is 22.2 Å². The lowest BCUT2D eigenvalue weighted by atomic mass is 10.2. The van der Waals surface area contributed by atoms with E-state index in [1.165, 1.54) is 16.9 Å². The smallest absolute Gasteiger partial charge is 0.257 e. The first-order valence-corrected chi connectivity index (χ1v) is 8.81. The fourth-order valence-electron chi connectivity index (χ4n) is 2.21. The summed E-state index contributed by atoms with van der Waals surface area (Å²) in [5.74, 6) is 0.520. The lowest BCUT2D eigenvalue weighted by Crippen LogP contribution is -2.12. The molecule has 2 aromatic carbocycles. The van der Waals surface area contributed by atoms with E-state index in [1.54, 1.807) is 24.3 Å². The summed E-state index contributed by atoms with van der Waals surface area (Å²) in [6, 6.07) is 15.1. The van der Waals surface area contributed by atoms with E-state index in [4.69, 9.17) is 4.74 Å². The number of aryl methyl sites for hydroxylation is 1. The van der Waals surface area contributed by atoms with Gasteiger partial charge in [-0.1, -0.05) is 41.2 Å². The number of amides is 1. The summed E-state index contributed by atoms with van der Waals surface area (Å²) >= 11 is 1.35. The normalized spacial score (nSPS) is 10.7. The van der Waals surface area contributed by atoms with Crippen LogP contribution in [0.1, 0.15) is 29.8 Å². The molecule has 0 radical (unpaired) electrons. The summed E-state index contributed by atoms with van der Waals surface area (Å²) in [5.41, 5.74) is 2.72. The average molecular weight is 353 g/mol. The number of nitrogens with zero attached hydrogens (tertiary/aromatic N) is 2. The predicted octanol–water partition coefficient (Wildman–Crippen LogP) is 4.55. The minimum absolute atomic E-state index is 0.0984. The van der Waals surface area contributed by atoms with Gasteiger partial charge in [0, 0.05) is 11.1 Å². The van der Waals surface area contributed by atoms with Crippen LogP contribution in [0.5, 0.6) is 5.75 Å². The Hall–Kier alpha value is -2.73. The zero-order chi connectivity index (χ0) is 17.8. The molecule has 0 saturated carbocycles. The molecule has 1 aromatic heterocycles. The van der Waals surface area contributed by atoms with E-state index in [-0.39, 0.29) is 12.0 Å². The fraction of sp³-hybridized carbons (Fsp3) is 0.211. The van der Waals surface area contributed by atoms with Gasteiger partial charge >= 0.3 is 0 Å². The van der Waals surface area contributed by atoms with Gasteiger partial charge in [0.05, 0.1) is 6.10 Å². The maximum absolute atomic E-state index is 12.3. The van der Waals surface area contributed by atoms with E-state index >= 15 is 0 Å². The Morgan fingerprint density at radius 1 is 1.04 bits per heavy atom. The van der Waals surface area contributed by atoms with Crippen LogP contribution < -0.4 is 10.1 Å². The van der Waals surface area contributed by atoms with Crippen molar-refractivity contribution >= 4 is 22.4 Å². The van der Waals surface area contributed by atoms with Crippen molar-refractivity contribution < 1.29 is 9.53 Å². The Morgan fingerprint density at radius 3 is 2.36 bits per heavy atom. The highest BCUT2D eigenvalue weighted by Gasteiger charge is 2.11. The van der Waals surface area contributed by atoms with Crippen molar-refractivity contribution in [1.29, 1.82) is 0 Å². The third-order valence-corrected chi connectivity index (χ3v) is 4.32. The SMILES string of the molecule is Cc1ccc(-c2nnc(NC(=O)c3ccc(OC(C)C)cc3)s2)cc1. The van der Waals surface area contributed by atoms with Crippen LogP contribution in [0.4, 0.5) is 5.13 Å². The Kier molecular flexibility index (Phi) is 5.09. The van der Waals surface area contributed by atoms with Crippen molar-refractivity contribution in [3.05, 3.63) is 59.7 Å². The highest BCUT2D eigenvalue weighted by molar-refractivity contribution is 7.18. The Bertz CT molecular complexity index is 855. The topological polar surface area (TPSA) is 64.1 Å². The van der Waals surface area contributed by atoms with E-state index in [0.29, 0.717) is 10.7 Å². The molecule has 0 atom stereocenters. The van der Waals surface area contributed by atoms with Crippen molar-refractivity contribution in [2.24, 2.45) is 0 Å². The Morgan fingerprint density at radius 2 is 1.72 bits per heavy atom. The molecule has 0 unspecified atom stereocenters. The number of aromatic nitrogens is 2. The maximum atomic E-state index is 12.3. The standard InChI is InChI=1S/C19H19N3O2S/c1-12(2)24-16-10-8-14(9-11-16)17(23)20-19-22-21-18(25-19)15-6-4-13(3)5-7-15/h4-12H,1-3H3,(H,20,22,23). The average Bonchev–Trinajstić information content (AvgIpc) is 3.04. The second kappa shape index (κ2) is 7.44. The molecule has 25 heavy (non-hydrogen) atoms. The first-order chi connectivity index (χ1) is 12.0. The van der Waals surface area contributed by atoms with Crippen LogP contribution in [0.15, 0.2) is 48.5 Å².